The molecule has 3 unspecified atom stereocenters. The normalized spacial score (nSPS) is 33.4. The van der Waals surface area contributed by atoms with E-state index in [1.54, 1.807) is 6.92 Å². The fourth-order valence-corrected chi connectivity index (χ4v) is 2.74. The molecule has 3 atom stereocenters. The van der Waals surface area contributed by atoms with E-state index in [9.17, 15) is 10.2 Å². The Labute approximate surface area is 98.8 Å². The Morgan fingerprint density at radius 3 is 2.19 bits per heavy atom. The van der Waals surface area contributed by atoms with E-state index in [1.807, 2.05) is 34.6 Å². The summed E-state index contributed by atoms with van der Waals surface area (Å²) in [5.41, 5.74) is -1.65. The molecule has 1 saturated heterocycles. The SMILES string of the molecule is CCC(C)(O)C(O)C1CC(C)(C)OC1(C)C. The number of aliphatic hydroxyl groups is 2. The lowest BCUT2D eigenvalue weighted by atomic mass is 9.76. The van der Waals surface area contributed by atoms with Gasteiger partial charge in [-0.1, -0.05) is 6.92 Å². The minimum absolute atomic E-state index is 0.0301. The van der Waals surface area contributed by atoms with Gasteiger partial charge in [0.1, 0.15) is 0 Å². The molecule has 1 fully saturated rings. The van der Waals surface area contributed by atoms with Crippen LogP contribution in [0.5, 0.6) is 0 Å². The minimum Gasteiger partial charge on any atom is -0.390 e. The minimum atomic E-state index is -1.04. The molecular weight excluding hydrogens is 204 g/mol. The maximum atomic E-state index is 10.3. The fraction of sp³-hybridized carbons (Fsp3) is 1.00. The number of rotatable bonds is 3. The van der Waals surface area contributed by atoms with Crippen LogP contribution in [0.25, 0.3) is 0 Å². The van der Waals surface area contributed by atoms with E-state index in [1.165, 1.54) is 0 Å². The number of ether oxygens (including phenoxy) is 1. The molecule has 3 nitrogen and oxygen atoms in total. The van der Waals surface area contributed by atoms with Gasteiger partial charge in [0.2, 0.25) is 0 Å². The summed E-state index contributed by atoms with van der Waals surface area (Å²) in [5.74, 6) is -0.0301. The predicted molar refractivity (Wildman–Crippen MR) is 64.3 cm³/mol. The topological polar surface area (TPSA) is 49.7 Å². The molecule has 0 amide bonds. The highest BCUT2D eigenvalue weighted by Crippen LogP contribution is 2.45. The molecule has 3 heteroatoms. The first-order chi connectivity index (χ1) is 7.02. The molecule has 0 aromatic rings. The summed E-state index contributed by atoms with van der Waals surface area (Å²) in [6.07, 6.45) is 0.577. The fourth-order valence-electron chi connectivity index (χ4n) is 2.74. The van der Waals surface area contributed by atoms with Crippen molar-refractivity contribution in [3.05, 3.63) is 0 Å². The van der Waals surface area contributed by atoms with Crippen molar-refractivity contribution in [2.75, 3.05) is 0 Å². The lowest BCUT2D eigenvalue weighted by Crippen LogP contribution is -2.49. The van der Waals surface area contributed by atoms with Gasteiger partial charge in [-0.2, -0.15) is 0 Å². The van der Waals surface area contributed by atoms with Crippen molar-refractivity contribution in [2.45, 2.75) is 77.3 Å². The Hall–Kier alpha value is -0.120. The Kier molecular flexibility index (Phi) is 3.46. The van der Waals surface area contributed by atoms with E-state index in [-0.39, 0.29) is 17.1 Å². The summed E-state index contributed by atoms with van der Waals surface area (Å²) in [4.78, 5) is 0. The van der Waals surface area contributed by atoms with E-state index < -0.39 is 11.7 Å². The third-order valence-corrected chi connectivity index (χ3v) is 3.88. The highest BCUT2D eigenvalue weighted by atomic mass is 16.5. The maximum absolute atomic E-state index is 10.3. The molecule has 16 heavy (non-hydrogen) atoms. The summed E-state index contributed by atoms with van der Waals surface area (Å²) in [6.45, 7) is 11.6. The molecule has 0 aliphatic carbocycles. The van der Waals surface area contributed by atoms with Crippen molar-refractivity contribution in [3.63, 3.8) is 0 Å². The van der Waals surface area contributed by atoms with E-state index in [0.717, 1.165) is 6.42 Å². The van der Waals surface area contributed by atoms with Crippen LogP contribution in [0.1, 0.15) is 54.4 Å². The molecule has 0 aromatic heterocycles. The van der Waals surface area contributed by atoms with Crippen LogP contribution in [-0.4, -0.2) is 33.1 Å². The zero-order chi connectivity index (χ0) is 12.8. The van der Waals surface area contributed by atoms with Crippen molar-refractivity contribution >= 4 is 0 Å². The van der Waals surface area contributed by atoms with Gasteiger partial charge in [-0.15, -0.1) is 0 Å². The van der Waals surface area contributed by atoms with Crippen molar-refractivity contribution < 1.29 is 14.9 Å². The van der Waals surface area contributed by atoms with Gasteiger partial charge in [0.05, 0.1) is 22.9 Å². The molecule has 0 radical (unpaired) electrons. The summed E-state index contributed by atoms with van der Waals surface area (Å²) in [6, 6.07) is 0. The second kappa shape index (κ2) is 3.97. The number of hydrogen-bond acceptors (Lipinski definition) is 3. The first kappa shape index (κ1) is 13.9. The third kappa shape index (κ3) is 2.58. The first-order valence-corrected chi connectivity index (χ1v) is 6.12. The second-order valence-electron chi connectivity index (χ2n) is 6.43. The highest BCUT2D eigenvalue weighted by molar-refractivity contribution is 5.01. The van der Waals surface area contributed by atoms with Crippen molar-refractivity contribution in [3.8, 4) is 0 Å². The van der Waals surface area contributed by atoms with Gasteiger partial charge in [-0.05, 0) is 47.5 Å². The van der Waals surface area contributed by atoms with Crippen LogP contribution in [0.15, 0.2) is 0 Å². The third-order valence-electron chi connectivity index (χ3n) is 3.88. The predicted octanol–water partition coefficient (Wildman–Crippen LogP) is 2.10. The molecule has 96 valence electrons. The van der Waals surface area contributed by atoms with Crippen LogP contribution in [0.2, 0.25) is 0 Å². The average Bonchev–Trinajstić information content (AvgIpc) is 2.32. The molecule has 2 N–H and O–H groups in total. The Bertz CT molecular complexity index is 256. The molecule has 1 heterocycles. The zero-order valence-electron chi connectivity index (χ0n) is 11.4. The molecular formula is C13H26O3. The number of hydrogen-bond donors (Lipinski definition) is 2. The van der Waals surface area contributed by atoms with Crippen LogP contribution in [0, 0.1) is 5.92 Å². The highest BCUT2D eigenvalue weighted by Gasteiger charge is 2.52. The van der Waals surface area contributed by atoms with E-state index in [4.69, 9.17) is 4.74 Å². The van der Waals surface area contributed by atoms with Gasteiger partial charge in [-0.25, -0.2) is 0 Å². The van der Waals surface area contributed by atoms with Crippen molar-refractivity contribution in [1.29, 1.82) is 0 Å². The van der Waals surface area contributed by atoms with Gasteiger partial charge < -0.3 is 14.9 Å². The molecule has 0 aromatic carbocycles. The molecule has 1 aliphatic heterocycles. The number of aliphatic hydroxyl groups excluding tert-OH is 1. The van der Waals surface area contributed by atoms with Crippen molar-refractivity contribution in [2.24, 2.45) is 5.92 Å². The summed E-state index contributed by atoms with van der Waals surface area (Å²) in [7, 11) is 0. The summed E-state index contributed by atoms with van der Waals surface area (Å²) < 4.78 is 5.94. The quantitative estimate of drug-likeness (QED) is 0.780. The molecule has 0 bridgehead atoms. The molecule has 0 saturated carbocycles. The van der Waals surface area contributed by atoms with Gasteiger partial charge in [0, 0.05) is 5.92 Å². The Morgan fingerprint density at radius 1 is 1.38 bits per heavy atom. The second-order valence-corrected chi connectivity index (χ2v) is 6.43. The van der Waals surface area contributed by atoms with E-state index >= 15 is 0 Å². The van der Waals surface area contributed by atoms with E-state index in [2.05, 4.69) is 0 Å². The Balaban J connectivity index is 2.89. The molecule has 1 aliphatic rings. The lowest BCUT2D eigenvalue weighted by molar-refractivity contribution is -0.132. The van der Waals surface area contributed by atoms with Gasteiger partial charge in [0.15, 0.2) is 0 Å². The van der Waals surface area contributed by atoms with Crippen LogP contribution in [0.3, 0.4) is 0 Å². The van der Waals surface area contributed by atoms with Crippen LogP contribution in [0.4, 0.5) is 0 Å². The zero-order valence-corrected chi connectivity index (χ0v) is 11.4. The summed E-state index contributed by atoms with van der Waals surface area (Å²) in [5, 5.41) is 20.5. The van der Waals surface area contributed by atoms with Gasteiger partial charge >= 0.3 is 0 Å². The largest absolute Gasteiger partial charge is 0.390 e. The molecule has 1 rings (SSSR count). The maximum Gasteiger partial charge on any atom is 0.0880 e. The van der Waals surface area contributed by atoms with Gasteiger partial charge in [-0.3, -0.25) is 0 Å². The lowest BCUT2D eigenvalue weighted by Gasteiger charge is -2.37. The van der Waals surface area contributed by atoms with Gasteiger partial charge in [0.25, 0.3) is 0 Å². The summed E-state index contributed by atoms with van der Waals surface area (Å²) >= 11 is 0. The van der Waals surface area contributed by atoms with Crippen LogP contribution < -0.4 is 0 Å². The van der Waals surface area contributed by atoms with E-state index in [0.29, 0.717) is 6.42 Å². The van der Waals surface area contributed by atoms with Crippen LogP contribution in [-0.2, 0) is 4.74 Å². The monoisotopic (exact) mass is 230 g/mol. The van der Waals surface area contributed by atoms with Crippen LogP contribution >= 0.6 is 0 Å². The smallest absolute Gasteiger partial charge is 0.0880 e. The Morgan fingerprint density at radius 2 is 1.88 bits per heavy atom. The molecule has 0 spiro atoms. The van der Waals surface area contributed by atoms with Crippen molar-refractivity contribution in [1.82, 2.24) is 0 Å². The first-order valence-electron chi connectivity index (χ1n) is 6.12. The average molecular weight is 230 g/mol. The standard InChI is InChI=1S/C13H26O3/c1-7-13(6,15)10(14)9-8-11(2,3)16-12(9,4)5/h9-10,14-15H,7-8H2,1-6H3.